The molecule has 1 saturated heterocycles. The molecule has 1 fully saturated rings. The highest BCUT2D eigenvalue weighted by atomic mass is 79.9. The minimum absolute atomic E-state index is 0.0616. The van der Waals surface area contributed by atoms with Gasteiger partial charge in [-0.25, -0.2) is 0 Å². The lowest BCUT2D eigenvalue weighted by molar-refractivity contribution is -0.186. The van der Waals surface area contributed by atoms with E-state index < -0.39 is 18.0 Å². The summed E-state index contributed by atoms with van der Waals surface area (Å²) in [5.74, 6) is -2.47. The predicted molar refractivity (Wildman–Crippen MR) is 82.9 cm³/mol. The molecule has 23 heavy (non-hydrogen) atoms. The molecular formula is C15H16BrF3N2O2. The first-order valence-corrected chi connectivity index (χ1v) is 7.90. The van der Waals surface area contributed by atoms with Crippen LogP contribution in [0.15, 0.2) is 22.7 Å². The number of amides is 2. The molecule has 1 aliphatic heterocycles. The maximum absolute atomic E-state index is 12.4. The van der Waals surface area contributed by atoms with E-state index in [1.807, 2.05) is 19.1 Å². The van der Waals surface area contributed by atoms with E-state index in [0.29, 0.717) is 5.69 Å². The Morgan fingerprint density at radius 3 is 2.35 bits per heavy atom. The molecule has 1 aliphatic rings. The van der Waals surface area contributed by atoms with Crippen molar-refractivity contribution in [1.82, 2.24) is 4.90 Å². The fourth-order valence-electron chi connectivity index (χ4n) is 2.58. The summed E-state index contributed by atoms with van der Waals surface area (Å²) in [7, 11) is 0. The van der Waals surface area contributed by atoms with E-state index in [-0.39, 0.29) is 31.8 Å². The van der Waals surface area contributed by atoms with Crippen LogP contribution < -0.4 is 5.32 Å². The Morgan fingerprint density at radius 1 is 1.22 bits per heavy atom. The van der Waals surface area contributed by atoms with E-state index in [9.17, 15) is 22.8 Å². The lowest BCUT2D eigenvalue weighted by atomic mass is 9.95. The number of hydrogen-bond acceptors (Lipinski definition) is 2. The van der Waals surface area contributed by atoms with Crippen LogP contribution in [0.3, 0.4) is 0 Å². The summed E-state index contributed by atoms with van der Waals surface area (Å²) >= 11 is 3.34. The number of nitrogens with one attached hydrogen (secondary N) is 1. The van der Waals surface area contributed by atoms with Crippen LogP contribution >= 0.6 is 15.9 Å². The number of halogens is 4. The van der Waals surface area contributed by atoms with Crippen molar-refractivity contribution in [3.05, 3.63) is 28.2 Å². The number of likely N-dealkylation sites (tertiary alicyclic amines) is 1. The van der Waals surface area contributed by atoms with Crippen molar-refractivity contribution in [2.24, 2.45) is 5.92 Å². The van der Waals surface area contributed by atoms with Crippen molar-refractivity contribution in [2.75, 3.05) is 18.4 Å². The zero-order chi connectivity index (χ0) is 17.2. The van der Waals surface area contributed by atoms with Crippen LogP contribution in [-0.2, 0) is 9.59 Å². The Morgan fingerprint density at radius 2 is 1.83 bits per heavy atom. The zero-order valence-electron chi connectivity index (χ0n) is 12.4. The summed E-state index contributed by atoms with van der Waals surface area (Å²) in [5, 5.41) is 2.77. The summed E-state index contributed by atoms with van der Waals surface area (Å²) in [6.45, 7) is 1.77. The van der Waals surface area contributed by atoms with Crippen LogP contribution in [0.1, 0.15) is 18.4 Å². The average Bonchev–Trinajstić information content (AvgIpc) is 2.44. The number of piperidine rings is 1. The normalized spacial score (nSPS) is 16.3. The van der Waals surface area contributed by atoms with Gasteiger partial charge in [-0.1, -0.05) is 15.9 Å². The summed E-state index contributed by atoms with van der Waals surface area (Å²) in [4.78, 5) is 24.1. The van der Waals surface area contributed by atoms with Gasteiger partial charge in [-0.15, -0.1) is 0 Å². The van der Waals surface area contributed by atoms with Gasteiger partial charge in [0.25, 0.3) is 0 Å². The van der Waals surface area contributed by atoms with Crippen molar-refractivity contribution < 1.29 is 22.8 Å². The largest absolute Gasteiger partial charge is 0.471 e. The molecule has 2 amide bonds. The molecule has 1 aromatic rings. The van der Waals surface area contributed by atoms with E-state index in [0.717, 1.165) is 14.9 Å². The van der Waals surface area contributed by atoms with Crippen LogP contribution in [0.4, 0.5) is 18.9 Å². The molecule has 0 unspecified atom stereocenters. The lowest BCUT2D eigenvalue weighted by Crippen LogP contribution is -2.46. The smallest absolute Gasteiger partial charge is 0.335 e. The van der Waals surface area contributed by atoms with Gasteiger partial charge in [0, 0.05) is 29.2 Å². The van der Waals surface area contributed by atoms with Gasteiger partial charge in [0.2, 0.25) is 5.91 Å². The molecule has 0 spiro atoms. The van der Waals surface area contributed by atoms with Crippen molar-refractivity contribution in [2.45, 2.75) is 25.9 Å². The number of carbonyl (C=O) groups excluding carboxylic acids is 2. The molecule has 1 heterocycles. The Bertz CT molecular complexity index is 591. The van der Waals surface area contributed by atoms with Gasteiger partial charge >= 0.3 is 12.1 Å². The van der Waals surface area contributed by atoms with E-state index in [1.165, 1.54) is 0 Å². The molecule has 2 rings (SSSR count). The van der Waals surface area contributed by atoms with Crippen LogP contribution in [0, 0.1) is 12.8 Å². The maximum Gasteiger partial charge on any atom is 0.471 e. The van der Waals surface area contributed by atoms with Gasteiger partial charge in [0.1, 0.15) is 0 Å². The number of benzene rings is 1. The second-order valence-corrected chi connectivity index (χ2v) is 6.49. The van der Waals surface area contributed by atoms with Crippen molar-refractivity contribution >= 4 is 33.4 Å². The number of nitrogens with zero attached hydrogens (tertiary/aromatic N) is 1. The summed E-state index contributed by atoms with van der Waals surface area (Å²) in [6, 6.07) is 5.47. The quantitative estimate of drug-likeness (QED) is 0.837. The third-order valence-corrected chi connectivity index (χ3v) is 4.16. The summed E-state index contributed by atoms with van der Waals surface area (Å²) in [6.07, 6.45) is -4.41. The molecule has 4 nitrogen and oxygen atoms in total. The SMILES string of the molecule is Cc1cc(Br)cc(NC(=O)C2CCN(C(=O)C(F)(F)F)CC2)c1. The molecule has 126 valence electrons. The first-order chi connectivity index (χ1) is 10.7. The molecule has 0 bridgehead atoms. The molecule has 0 aromatic heterocycles. The lowest BCUT2D eigenvalue weighted by Gasteiger charge is -2.31. The minimum Gasteiger partial charge on any atom is -0.335 e. The Balaban J connectivity index is 1.92. The summed E-state index contributed by atoms with van der Waals surface area (Å²) < 4.78 is 38.0. The fourth-order valence-corrected chi connectivity index (χ4v) is 3.18. The molecular weight excluding hydrogens is 377 g/mol. The molecule has 1 N–H and O–H groups in total. The zero-order valence-corrected chi connectivity index (χ0v) is 14.0. The first-order valence-electron chi connectivity index (χ1n) is 7.11. The van der Waals surface area contributed by atoms with E-state index in [2.05, 4.69) is 21.2 Å². The van der Waals surface area contributed by atoms with Gasteiger partial charge in [0.15, 0.2) is 0 Å². The molecule has 0 aliphatic carbocycles. The Kier molecular flexibility index (Phi) is 5.33. The average molecular weight is 393 g/mol. The molecule has 0 radical (unpaired) electrons. The van der Waals surface area contributed by atoms with Crippen molar-refractivity contribution in [3.8, 4) is 0 Å². The number of anilines is 1. The van der Waals surface area contributed by atoms with Gasteiger partial charge < -0.3 is 10.2 Å². The molecule has 8 heteroatoms. The minimum atomic E-state index is -4.86. The van der Waals surface area contributed by atoms with Gasteiger partial charge in [-0.05, 0) is 43.5 Å². The van der Waals surface area contributed by atoms with Crippen LogP contribution in [-0.4, -0.2) is 36.0 Å². The fraction of sp³-hybridized carbons (Fsp3) is 0.467. The van der Waals surface area contributed by atoms with Gasteiger partial charge in [0.05, 0.1) is 0 Å². The first kappa shape index (κ1) is 17.8. The highest BCUT2D eigenvalue weighted by Crippen LogP contribution is 2.25. The number of carbonyl (C=O) groups is 2. The Hall–Kier alpha value is -1.57. The third kappa shape index (κ3) is 4.70. The second-order valence-electron chi connectivity index (χ2n) is 5.57. The second kappa shape index (κ2) is 6.90. The van der Waals surface area contributed by atoms with Gasteiger partial charge in [-0.3, -0.25) is 9.59 Å². The summed E-state index contributed by atoms with van der Waals surface area (Å²) in [5.41, 5.74) is 1.61. The monoisotopic (exact) mass is 392 g/mol. The topological polar surface area (TPSA) is 49.4 Å². The van der Waals surface area contributed by atoms with Gasteiger partial charge in [-0.2, -0.15) is 13.2 Å². The Labute approximate surface area is 140 Å². The van der Waals surface area contributed by atoms with Crippen LogP contribution in [0.5, 0.6) is 0 Å². The van der Waals surface area contributed by atoms with E-state index in [1.54, 1.807) is 6.07 Å². The van der Waals surface area contributed by atoms with Crippen molar-refractivity contribution in [1.29, 1.82) is 0 Å². The molecule has 1 aromatic carbocycles. The number of alkyl halides is 3. The number of aryl methyl sites for hydroxylation is 1. The standard InChI is InChI=1S/C15H16BrF3N2O2/c1-9-6-11(16)8-12(7-9)20-13(22)10-2-4-21(5-3-10)14(23)15(17,18)19/h6-8,10H,2-5H2,1H3,(H,20,22). The molecule has 0 saturated carbocycles. The van der Waals surface area contributed by atoms with E-state index in [4.69, 9.17) is 0 Å². The third-order valence-electron chi connectivity index (χ3n) is 3.71. The van der Waals surface area contributed by atoms with E-state index >= 15 is 0 Å². The molecule has 0 atom stereocenters. The van der Waals surface area contributed by atoms with Crippen LogP contribution in [0.25, 0.3) is 0 Å². The number of rotatable bonds is 2. The number of hydrogen-bond donors (Lipinski definition) is 1. The van der Waals surface area contributed by atoms with Crippen LogP contribution in [0.2, 0.25) is 0 Å². The highest BCUT2D eigenvalue weighted by molar-refractivity contribution is 9.10. The predicted octanol–water partition coefficient (Wildman–Crippen LogP) is 3.50. The highest BCUT2D eigenvalue weighted by Gasteiger charge is 2.43. The maximum atomic E-state index is 12.4. The van der Waals surface area contributed by atoms with Crippen molar-refractivity contribution in [3.63, 3.8) is 0 Å².